The Kier molecular flexibility index (Phi) is 2.21. The third-order valence-electron chi connectivity index (χ3n) is 3.38. The molecule has 16 heavy (non-hydrogen) atoms. The first kappa shape index (κ1) is 9.85. The van der Waals surface area contributed by atoms with Crippen molar-refractivity contribution in [2.24, 2.45) is 5.73 Å². The summed E-state index contributed by atoms with van der Waals surface area (Å²) in [5, 5.41) is 0. The van der Waals surface area contributed by atoms with Gasteiger partial charge in [0.2, 0.25) is 0 Å². The maximum absolute atomic E-state index is 5.91. The van der Waals surface area contributed by atoms with Gasteiger partial charge in [0.25, 0.3) is 0 Å². The molecule has 1 saturated carbocycles. The van der Waals surface area contributed by atoms with Crippen LogP contribution < -0.4 is 5.73 Å². The van der Waals surface area contributed by atoms with Crippen LogP contribution in [0.1, 0.15) is 36.6 Å². The lowest BCUT2D eigenvalue weighted by Crippen LogP contribution is -2.14. The van der Waals surface area contributed by atoms with Crippen molar-refractivity contribution in [1.82, 2.24) is 4.98 Å². The number of aryl methyl sites for hydroxylation is 1. The monoisotopic (exact) mass is 216 g/mol. The first-order valence-electron chi connectivity index (χ1n) is 5.85. The van der Waals surface area contributed by atoms with E-state index in [-0.39, 0.29) is 0 Å². The molecule has 0 spiro atoms. The molecule has 0 unspecified atom stereocenters. The first-order chi connectivity index (χ1) is 7.72. The Labute approximate surface area is 94.7 Å². The summed E-state index contributed by atoms with van der Waals surface area (Å²) >= 11 is 0. The Morgan fingerprint density at radius 2 is 2.25 bits per heavy atom. The summed E-state index contributed by atoms with van der Waals surface area (Å²) in [6.07, 6.45) is 3.20. The van der Waals surface area contributed by atoms with E-state index in [1.165, 1.54) is 5.56 Å². The molecular formula is C13H16N2O. The topological polar surface area (TPSA) is 52.0 Å². The van der Waals surface area contributed by atoms with Gasteiger partial charge in [-0.2, -0.15) is 0 Å². The number of hydrogen-bond donors (Lipinski definition) is 1. The van der Waals surface area contributed by atoms with Crippen LogP contribution in [-0.2, 0) is 0 Å². The maximum atomic E-state index is 5.91. The third kappa shape index (κ3) is 1.61. The van der Waals surface area contributed by atoms with E-state index < -0.39 is 0 Å². The maximum Gasteiger partial charge on any atom is 0.198 e. The van der Waals surface area contributed by atoms with Crippen LogP contribution >= 0.6 is 0 Å². The van der Waals surface area contributed by atoms with Gasteiger partial charge in [0.05, 0.1) is 0 Å². The van der Waals surface area contributed by atoms with E-state index in [1.807, 2.05) is 12.1 Å². The smallest absolute Gasteiger partial charge is 0.198 e. The summed E-state index contributed by atoms with van der Waals surface area (Å²) < 4.78 is 5.81. The van der Waals surface area contributed by atoms with Gasteiger partial charge in [-0.25, -0.2) is 4.98 Å². The standard InChI is InChI=1S/C13H16N2O/c1-8-2-5-11-12(6-8)16-13(15-11)9-3-4-10(14)7-9/h2,5-6,9-10H,3-4,7,14H2,1H3/t9-,10+/m1/s1. The lowest BCUT2D eigenvalue weighted by molar-refractivity contribution is 0.471. The fourth-order valence-corrected chi connectivity index (χ4v) is 2.46. The van der Waals surface area contributed by atoms with Crippen LogP contribution in [0.15, 0.2) is 22.6 Å². The molecule has 0 amide bonds. The summed E-state index contributed by atoms with van der Waals surface area (Å²) in [4.78, 5) is 4.55. The van der Waals surface area contributed by atoms with Gasteiger partial charge in [-0.15, -0.1) is 0 Å². The summed E-state index contributed by atoms with van der Waals surface area (Å²) in [5.74, 6) is 1.29. The second kappa shape index (κ2) is 3.59. The Morgan fingerprint density at radius 3 is 3.00 bits per heavy atom. The molecule has 1 aromatic heterocycles. The van der Waals surface area contributed by atoms with Crippen molar-refractivity contribution in [3.8, 4) is 0 Å². The van der Waals surface area contributed by atoms with Crippen LogP contribution in [0.25, 0.3) is 11.1 Å². The first-order valence-corrected chi connectivity index (χ1v) is 5.85. The molecule has 2 aromatic rings. The Morgan fingerprint density at radius 1 is 1.38 bits per heavy atom. The van der Waals surface area contributed by atoms with Crippen LogP contribution in [0.3, 0.4) is 0 Å². The minimum Gasteiger partial charge on any atom is -0.440 e. The third-order valence-corrected chi connectivity index (χ3v) is 3.38. The van der Waals surface area contributed by atoms with Gasteiger partial charge >= 0.3 is 0 Å². The van der Waals surface area contributed by atoms with E-state index in [0.29, 0.717) is 12.0 Å². The molecule has 0 radical (unpaired) electrons. The number of benzene rings is 1. The van der Waals surface area contributed by atoms with Crippen molar-refractivity contribution in [2.75, 3.05) is 0 Å². The number of rotatable bonds is 1. The van der Waals surface area contributed by atoms with Gasteiger partial charge in [0, 0.05) is 12.0 Å². The zero-order valence-electron chi connectivity index (χ0n) is 9.44. The highest BCUT2D eigenvalue weighted by molar-refractivity contribution is 5.73. The summed E-state index contributed by atoms with van der Waals surface area (Å²) in [7, 11) is 0. The number of aromatic nitrogens is 1. The number of fused-ring (bicyclic) bond motifs is 1. The van der Waals surface area contributed by atoms with Gasteiger partial charge in [-0.05, 0) is 43.9 Å². The molecule has 0 saturated heterocycles. The van der Waals surface area contributed by atoms with Crippen molar-refractivity contribution >= 4 is 11.1 Å². The van der Waals surface area contributed by atoms with Crippen LogP contribution in [0.4, 0.5) is 0 Å². The van der Waals surface area contributed by atoms with Gasteiger partial charge in [-0.3, -0.25) is 0 Å². The van der Waals surface area contributed by atoms with Crippen molar-refractivity contribution in [2.45, 2.75) is 38.1 Å². The molecule has 0 bridgehead atoms. The zero-order chi connectivity index (χ0) is 11.1. The molecule has 1 aromatic carbocycles. The Hall–Kier alpha value is -1.35. The highest BCUT2D eigenvalue weighted by Crippen LogP contribution is 2.34. The second-order valence-electron chi connectivity index (χ2n) is 4.79. The van der Waals surface area contributed by atoms with Gasteiger partial charge in [0.1, 0.15) is 5.52 Å². The van der Waals surface area contributed by atoms with Crippen LogP contribution in [0, 0.1) is 6.92 Å². The lowest BCUT2D eigenvalue weighted by Gasteiger charge is -2.02. The van der Waals surface area contributed by atoms with Crippen molar-refractivity contribution < 1.29 is 4.42 Å². The molecular weight excluding hydrogens is 200 g/mol. The second-order valence-corrected chi connectivity index (χ2v) is 4.79. The van der Waals surface area contributed by atoms with Gasteiger partial charge in [0.15, 0.2) is 11.5 Å². The number of nitrogens with zero attached hydrogens (tertiary/aromatic N) is 1. The highest BCUT2D eigenvalue weighted by Gasteiger charge is 2.27. The number of hydrogen-bond acceptors (Lipinski definition) is 3. The van der Waals surface area contributed by atoms with Crippen LogP contribution in [-0.4, -0.2) is 11.0 Å². The quantitative estimate of drug-likeness (QED) is 0.797. The molecule has 3 heteroatoms. The molecule has 84 valence electrons. The van der Waals surface area contributed by atoms with E-state index in [9.17, 15) is 0 Å². The highest BCUT2D eigenvalue weighted by atomic mass is 16.3. The minimum absolute atomic E-state index is 0.321. The van der Waals surface area contributed by atoms with E-state index in [2.05, 4.69) is 18.0 Å². The van der Waals surface area contributed by atoms with Crippen LogP contribution in [0.2, 0.25) is 0 Å². The normalized spacial score (nSPS) is 25.4. The molecule has 2 N–H and O–H groups in total. The summed E-state index contributed by atoms with van der Waals surface area (Å²) in [5.41, 5.74) is 8.98. The van der Waals surface area contributed by atoms with E-state index in [4.69, 9.17) is 10.2 Å². The molecule has 1 heterocycles. The van der Waals surface area contributed by atoms with Gasteiger partial charge < -0.3 is 10.2 Å². The Bertz CT molecular complexity index is 518. The lowest BCUT2D eigenvalue weighted by atomic mass is 10.1. The fraction of sp³-hybridized carbons (Fsp3) is 0.462. The molecule has 1 aliphatic rings. The van der Waals surface area contributed by atoms with Crippen LogP contribution in [0.5, 0.6) is 0 Å². The van der Waals surface area contributed by atoms with E-state index >= 15 is 0 Å². The largest absolute Gasteiger partial charge is 0.440 e. The van der Waals surface area contributed by atoms with Gasteiger partial charge in [-0.1, -0.05) is 6.07 Å². The average Bonchev–Trinajstić information content (AvgIpc) is 2.83. The predicted octanol–water partition coefficient (Wildman–Crippen LogP) is 2.73. The van der Waals surface area contributed by atoms with E-state index in [0.717, 1.165) is 36.3 Å². The zero-order valence-corrected chi connectivity index (χ0v) is 9.44. The molecule has 2 atom stereocenters. The van der Waals surface area contributed by atoms with Crippen molar-refractivity contribution in [3.63, 3.8) is 0 Å². The average molecular weight is 216 g/mol. The number of nitrogens with two attached hydrogens (primary N) is 1. The Balaban J connectivity index is 1.99. The minimum atomic E-state index is 0.321. The SMILES string of the molecule is Cc1ccc2nc([C@@H]3CC[C@H](N)C3)oc2c1. The summed E-state index contributed by atoms with van der Waals surface area (Å²) in [6, 6.07) is 6.45. The van der Waals surface area contributed by atoms with Crippen molar-refractivity contribution in [1.29, 1.82) is 0 Å². The van der Waals surface area contributed by atoms with E-state index in [1.54, 1.807) is 0 Å². The number of oxazole rings is 1. The molecule has 3 nitrogen and oxygen atoms in total. The summed E-state index contributed by atoms with van der Waals surface area (Å²) in [6.45, 7) is 2.06. The molecule has 1 aliphatic carbocycles. The molecule has 1 fully saturated rings. The molecule has 0 aliphatic heterocycles. The fourth-order valence-electron chi connectivity index (χ4n) is 2.46. The predicted molar refractivity (Wildman–Crippen MR) is 63.3 cm³/mol. The van der Waals surface area contributed by atoms with Crippen molar-refractivity contribution in [3.05, 3.63) is 29.7 Å². The molecule has 3 rings (SSSR count).